The minimum absolute atomic E-state index is 0.0483. The normalized spacial score (nSPS) is 45.8. The fourth-order valence-electron chi connectivity index (χ4n) is 9.25. The van der Waals surface area contributed by atoms with Crippen LogP contribution in [0.4, 0.5) is 4.39 Å². The molecule has 0 heterocycles. The zero-order chi connectivity index (χ0) is 27.0. The second kappa shape index (κ2) is 9.22. The van der Waals surface area contributed by atoms with Gasteiger partial charge in [-0.3, -0.25) is 0 Å². The summed E-state index contributed by atoms with van der Waals surface area (Å²) in [5, 5.41) is 22.2. The van der Waals surface area contributed by atoms with E-state index in [1.54, 1.807) is 30.3 Å². The molecule has 2 N–H and O–H groups in total. The second-order valence-corrected chi connectivity index (χ2v) is 13.8. The standard InChI is InChI=1S/C29H36FO6.Na/c1-17-13-22-21-10-9-19-14-20(32)11-12-26(19,2)28(21,30)23(33)15-27(22,3)29(17,24(34)16-31)36-25(35)18-7-5-4-6-8-18;/h4-8,16-17,19,21-23,31,33H,9-15H2,1-3H3;/t17-,19+,21+,22+,23+,26+,27+,28+,29-;/m1./s1. The van der Waals surface area contributed by atoms with E-state index in [2.05, 4.69) is 0 Å². The molecule has 0 aromatic heterocycles. The summed E-state index contributed by atoms with van der Waals surface area (Å²) in [6, 6.07) is 8.44. The summed E-state index contributed by atoms with van der Waals surface area (Å²) in [5.41, 5.74) is -5.15. The Bertz CT molecular complexity index is 1110. The average Bonchev–Trinajstić information content (AvgIpc) is 3.07. The first-order chi connectivity index (χ1) is 17.3. The Kier molecular flexibility index (Phi) is 6.84. The van der Waals surface area contributed by atoms with Crippen LogP contribution >= 0.6 is 0 Å². The molecule has 4 fully saturated rings. The number of hydrogen-bond donors (Lipinski definition) is 2. The molecule has 37 heavy (non-hydrogen) atoms. The number of ketones is 2. The third-order valence-electron chi connectivity index (χ3n) is 11.1. The molecule has 4 aliphatic rings. The van der Waals surface area contributed by atoms with Crippen molar-refractivity contribution in [3.63, 3.8) is 0 Å². The number of carbonyl (C=O) groups excluding carboxylic acids is 3. The Morgan fingerprint density at radius 3 is 2.46 bits per heavy atom. The second-order valence-electron chi connectivity index (χ2n) is 12.7. The molecule has 196 valence electrons. The topological polar surface area (TPSA) is 101 Å². The predicted octanol–water partition coefficient (Wildman–Crippen LogP) is 3.56. The van der Waals surface area contributed by atoms with Crippen molar-refractivity contribution in [3.8, 4) is 0 Å². The third-order valence-corrected chi connectivity index (χ3v) is 11.6. The van der Waals surface area contributed by atoms with E-state index in [1.807, 2.05) is 20.8 Å². The Hall–Kier alpha value is -1.12. The number of ether oxygens (including phenoxy) is 1. The predicted molar refractivity (Wildman–Crippen MR) is 134 cm³/mol. The molecule has 0 spiro atoms. The van der Waals surface area contributed by atoms with Gasteiger partial charge in [0.25, 0.3) is 0 Å². The van der Waals surface area contributed by atoms with Crippen molar-refractivity contribution in [2.45, 2.75) is 86.4 Å². The van der Waals surface area contributed by atoms with E-state index in [9.17, 15) is 24.6 Å². The number of hydrogen-bond acceptors (Lipinski definition) is 6. The van der Waals surface area contributed by atoms with E-state index in [-0.39, 0.29) is 52.0 Å². The molecule has 4 saturated carbocycles. The molecule has 0 saturated heterocycles. The maximum absolute atomic E-state index is 17.5. The molecule has 0 radical (unpaired) electrons. The van der Waals surface area contributed by atoms with Gasteiger partial charge >= 0.3 is 236 Å². The van der Waals surface area contributed by atoms with Gasteiger partial charge < -0.3 is 0 Å². The molecule has 6 nitrogen and oxygen atoms in total. The van der Waals surface area contributed by atoms with Gasteiger partial charge in [-0.05, 0) is 0 Å². The van der Waals surface area contributed by atoms with Crippen molar-refractivity contribution in [1.82, 2.24) is 0 Å². The minimum atomic E-state index is -1.90. The van der Waals surface area contributed by atoms with Gasteiger partial charge in [-0.1, -0.05) is 0 Å². The van der Waals surface area contributed by atoms with Crippen LogP contribution in [0.15, 0.2) is 30.3 Å². The van der Waals surface area contributed by atoms with Gasteiger partial charge in [-0.2, -0.15) is 0 Å². The fourth-order valence-corrected chi connectivity index (χ4v) is 9.68. The van der Waals surface area contributed by atoms with Crippen LogP contribution in [0.25, 0.3) is 0 Å². The summed E-state index contributed by atoms with van der Waals surface area (Å²) in [7, 11) is 0. The summed E-state index contributed by atoms with van der Waals surface area (Å²) in [4.78, 5) is 39.5. The molecule has 0 amide bonds. The van der Waals surface area contributed by atoms with Crippen LogP contribution in [0.1, 0.15) is 76.1 Å². The number of rotatable bonds is 4. The first kappa shape index (κ1) is 27.4. The zero-order valence-corrected chi connectivity index (χ0v) is 24.2. The first-order valence-electron chi connectivity index (χ1n) is 13.7. The van der Waals surface area contributed by atoms with Gasteiger partial charge in [0, 0.05) is 0 Å². The number of benzene rings is 1. The van der Waals surface area contributed by atoms with Crippen LogP contribution in [0.5, 0.6) is 0 Å². The van der Waals surface area contributed by atoms with E-state index in [0.29, 0.717) is 44.1 Å². The van der Waals surface area contributed by atoms with Crippen LogP contribution in [-0.2, 0) is 14.3 Å². The number of esters is 1. The van der Waals surface area contributed by atoms with E-state index in [0.717, 1.165) is 0 Å². The van der Waals surface area contributed by atoms with Crippen LogP contribution in [0.3, 0.4) is 0 Å². The number of fused-ring (bicyclic) bond motifs is 5. The Morgan fingerprint density at radius 1 is 1.14 bits per heavy atom. The Morgan fingerprint density at radius 2 is 1.81 bits per heavy atom. The van der Waals surface area contributed by atoms with E-state index in [4.69, 9.17) is 4.74 Å². The van der Waals surface area contributed by atoms with E-state index in [1.165, 1.54) is 0 Å². The van der Waals surface area contributed by atoms with Crippen LogP contribution in [0, 0.1) is 34.5 Å². The first-order valence-corrected chi connectivity index (χ1v) is 14.9. The monoisotopic (exact) mass is 522 g/mol. The van der Waals surface area contributed by atoms with Gasteiger partial charge in [0.1, 0.15) is 0 Å². The van der Waals surface area contributed by atoms with E-state index >= 15 is 4.39 Å². The average molecular weight is 523 g/mol. The summed E-state index contributed by atoms with van der Waals surface area (Å²) >= 11 is 0.161. The van der Waals surface area contributed by atoms with Gasteiger partial charge in [0.2, 0.25) is 0 Å². The summed E-state index contributed by atoms with van der Waals surface area (Å²) < 4.78 is 22.5. The maximum atomic E-state index is 17.5. The summed E-state index contributed by atoms with van der Waals surface area (Å²) in [5.74, 6) is -2.46. The van der Waals surface area contributed by atoms with Crippen LogP contribution in [-0.4, -0.2) is 76.4 Å². The Labute approximate surface area is 235 Å². The number of halogens is 1. The zero-order valence-electron chi connectivity index (χ0n) is 22.2. The van der Waals surface area contributed by atoms with Crippen molar-refractivity contribution >= 4 is 45.5 Å². The van der Waals surface area contributed by atoms with Crippen molar-refractivity contribution in [2.75, 3.05) is 0 Å². The van der Waals surface area contributed by atoms with Crippen molar-refractivity contribution in [2.24, 2.45) is 34.5 Å². The molecule has 1 aromatic rings. The number of carbonyl (C=O) groups is 3. The fraction of sp³-hybridized carbons (Fsp3) is 0.690. The molecule has 1 unspecified atom stereocenters. The van der Waals surface area contributed by atoms with Gasteiger partial charge in [-0.25, -0.2) is 0 Å². The Balaban J connectivity index is 1.60. The van der Waals surface area contributed by atoms with Crippen LogP contribution in [0.2, 0.25) is 0 Å². The molecule has 4 aliphatic carbocycles. The molecule has 0 aliphatic heterocycles. The van der Waals surface area contributed by atoms with E-state index < -0.39 is 55.1 Å². The molecule has 0 bridgehead atoms. The molecular formula is C29H36FNaO6. The summed E-state index contributed by atoms with van der Waals surface area (Å²) in [6.45, 7) is 5.60. The molecule has 5 rings (SSSR count). The number of aliphatic hydroxyl groups is 2. The van der Waals surface area contributed by atoms with Gasteiger partial charge in [-0.15, -0.1) is 0 Å². The third kappa shape index (κ3) is 3.63. The molecule has 1 aromatic carbocycles. The van der Waals surface area contributed by atoms with Crippen molar-refractivity contribution in [1.29, 1.82) is 0 Å². The quantitative estimate of drug-likeness (QED) is 0.463. The number of Topliss-reactive ketones (excluding diaryl/α,β-unsaturated/α-hetero) is 2. The summed E-state index contributed by atoms with van der Waals surface area (Å²) in [6.07, 6.45) is 1.32. The SMILES string of the molecule is C[C@@H]1C[C@H]2[C@@H]3CC[C@H]4CC(=O)CC[C@]4(C)[C@@]3(F)[C@@H](O)C[C@]2(C)[C@]1(OC(=O)c1ccccc1)C(=O)[CH](O)[Na]. The van der Waals surface area contributed by atoms with Crippen molar-refractivity contribution in [3.05, 3.63) is 35.9 Å². The molecule has 8 heteroatoms. The number of alkyl halides is 1. The molecule has 10 atom stereocenters. The number of aliphatic hydroxyl groups excluding tert-OH is 2. The van der Waals surface area contributed by atoms with Crippen LogP contribution < -0.4 is 0 Å². The van der Waals surface area contributed by atoms with Crippen molar-refractivity contribution < 1.29 is 33.7 Å². The van der Waals surface area contributed by atoms with Gasteiger partial charge in [0.05, 0.1) is 0 Å². The molecular weight excluding hydrogens is 486 g/mol. The van der Waals surface area contributed by atoms with Gasteiger partial charge in [0.15, 0.2) is 0 Å².